The third-order valence-electron chi connectivity index (χ3n) is 4.15. The third kappa shape index (κ3) is 6.19. The first-order valence-electron chi connectivity index (χ1n) is 9.01. The molecular formula is C21H26ClN3O. The van der Waals surface area contributed by atoms with Gasteiger partial charge >= 0.3 is 0 Å². The lowest BCUT2D eigenvalue weighted by Gasteiger charge is -2.10. The van der Waals surface area contributed by atoms with Crippen LogP contribution in [0.5, 0.6) is 0 Å². The molecule has 4 nitrogen and oxygen atoms in total. The molecule has 0 atom stereocenters. The number of carbonyl (C=O) groups is 1. The highest BCUT2D eigenvalue weighted by Gasteiger charge is 2.07. The largest absolute Gasteiger partial charge is 0.376 e. The van der Waals surface area contributed by atoms with Crippen LogP contribution in [0.15, 0.2) is 53.6 Å². The zero-order valence-electron chi connectivity index (χ0n) is 15.4. The maximum absolute atomic E-state index is 12.2. The van der Waals surface area contributed by atoms with Gasteiger partial charge in [-0.3, -0.25) is 4.79 Å². The maximum atomic E-state index is 12.2. The van der Waals surface area contributed by atoms with Crippen molar-refractivity contribution in [1.29, 1.82) is 0 Å². The first kappa shape index (κ1) is 20.0. The molecule has 2 rings (SSSR count). The molecule has 26 heavy (non-hydrogen) atoms. The highest BCUT2D eigenvalue weighted by atomic mass is 35.5. The van der Waals surface area contributed by atoms with Gasteiger partial charge in [0.05, 0.1) is 12.3 Å². The molecule has 0 aromatic heterocycles. The quantitative estimate of drug-likeness (QED) is 0.363. The van der Waals surface area contributed by atoms with Crippen LogP contribution < -0.4 is 10.7 Å². The van der Waals surface area contributed by atoms with E-state index in [1.165, 1.54) is 0 Å². The summed E-state index contributed by atoms with van der Waals surface area (Å²) in [5.74, 6) is -0.187. The Morgan fingerprint density at radius 1 is 1.08 bits per heavy atom. The molecular weight excluding hydrogens is 346 g/mol. The van der Waals surface area contributed by atoms with Crippen LogP contribution in [0.2, 0.25) is 5.02 Å². The summed E-state index contributed by atoms with van der Waals surface area (Å²) >= 11 is 6.10. The number of hydrogen-bond acceptors (Lipinski definition) is 3. The molecule has 2 aromatic rings. The molecule has 0 unspecified atom stereocenters. The summed E-state index contributed by atoms with van der Waals surface area (Å²) in [6.45, 7) is 4.23. The zero-order chi connectivity index (χ0) is 18.8. The lowest BCUT2D eigenvalue weighted by Crippen LogP contribution is -2.27. The van der Waals surface area contributed by atoms with E-state index in [-0.39, 0.29) is 12.5 Å². The first-order chi connectivity index (χ1) is 12.6. The number of hydrogen-bond donors (Lipinski definition) is 2. The summed E-state index contributed by atoms with van der Waals surface area (Å²) in [5, 5.41) is 8.15. The smallest absolute Gasteiger partial charge is 0.259 e. The van der Waals surface area contributed by atoms with E-state index in [1.54, 1.807) is 0 Å². The predicted octanol–water partition coefficient (Wildman–Crippen LogP) is 5.16. The molecule has 0 bridgehead atoms. The maximum Gasteiger partial charge on any atom is 0.259 e. The zero-order valence-corrected chi connectivity index (χ0v) is 16.1. The van der Waals surface area contributed by atoms with Gasteiger partial charge in [0.1, 0.15) is 0 Å². The van der Waals surface area contributed by atoms with Gasteiger partial charge < -0.3 is 5.32 Å². The number of unbranched alkanes of at least 4 members (excludes halogenated alkanes) is 2. The SMILES string of the molecule is CCCCC/C(=N\NC(=O)CNc1cccc(Cl)c1C)c1ccccc1. The Balaban J connectivity index is 1.96. The van der Waals surface area contributed by atoms with Gasteiger partial charge in [-0.2, -0.15) is 5.10 Å². The molecule has 0 aliphatic carbocycles. The van der Waals surface area contributed by atoms with Crippen LogP contribution in [0.25, 0.3) is 0 Å². The minimum absolute atomic E-state index is 0.141. The Morgan fingerprint density at radius 3 is 2.58 bits per heavy atom. The van der Waals surface area contributed by atoms with E-state index in [4.69, 9.17) is 11.6 Å². The number of carbonyl (C=O) groups excluding carboxylic acids is 1. The van der Waals surface area contributed by atoms with E-state index in [0.29, 0.717) is 5.02 Å². The number of halogens is 1. The molecule has 138 valence electrons. The average molecular weight is 372 g/mol. The van der Waals surface area contributed by atoms with Gasteiger partial charge in [0, 0.05) is 10.7 Å². The number of amides is 1. The van der Waals surface area contributed by atoms with Gasteiger partial charge in [0.25, 0.3) is 5.91 Å². The summed E-state index contributed by atoms with van der Waals surface area (Å²) in [6.07, 6.45) is 4.20. The number of rotatable bonds is 9. The molecule has 2 aromatic carbocycles. The Hall–Kier alpha value is -2.33. The fraction of sp³-hybridized carbons (Fsp3) is 0.333. The Labute approximate surface area is 160 Å². The second kappa shape index (κ2) is 10.6. The number of benzene rings is 2. The van der Waals surface area contributed by atoms with Crippen LogP contribution in [0.3, 0.4) is 0 Å². The van der Waals surface area contributed by atoms with Crippen molar-refractivity contribution in [3.05, 3.63) is 64.7 Å². The first-order valence-corrected chi connectivity index (χ1v) is 9.39. The normalized spacial score (nSPS) is 11.3. The molecule has 0 fully saturated rings. The standard InChI is InChI=1S/C21H26ClN3O/c1-3-4-6-13-20(17-10-7-5-8-11-17)24-25-21(26)15-23-19-14-9-12-18(22)16(19)2/h5,7-12,14,23H,3-4,6,13,15H2,1-2H3,(H,25,26)/b24-20+. The monoisotopic (exact) mass is 371 g/mol. The van der Waals surface area contributed by atoms with Gasteiger partial charge in [-0.05, 0) is 43.0 Å². The second-order valence-electron chi connectivity index (χ2n) is 6.18. The fourth-order valence-electron chi connectivity index (χ4n) is 2.58. The van der Waals surface area contributed by atoms with Crippen LogP contribution in [0.1, 0.15) is 43.7 Å². The molecule has 0 saturated carbocycles. The van der Waals surface area contributed by atoms with Crippen molar-refractivity contribution in [2.45, 2.75) is 39.5 Å². The van der Waals surface area contributed by atoms with Gasteiger partial charge in [-0.15, -0.1) is 0 Å². The molecule has 0 aliphatic rings. The van der Waals surface area contributed by atoms with Crippen LogP contribution in [0, 0.1) is 6.92 Å². The van der Waals surface area contributed by atoms with Gasteiger partial charge in [0.2, 0.25) is 0 Å². The summed E-state index contributed by atoms with van der Waals surface area (Å²) in [5.41, 5.74) is 6.39. The van der Waals surface area contributed by atoms with Crippen molar-refractivity contribution in [1.82, 2.24) is 5.43 Å². The molecule has 0 aliphatic heterocycles. The Bertz CT molecular complexity index is 744. The Morgan fingerprint density at radius 2 is 1.85 bits per heavy atom. The lowest BCUT2D eigenvalue weighted by molar-refractivity contribution is -0.119. The van der Waals surface area contributed by atoms with E-state index in [9.17, 15) is 4.79 Å². The van der Waals surface area contributed by atoms with E-state index in [2.05, 4.69) is 22.8 Å². The minimum atomic E-state index is -0.187. The van der Waals surface area contributed by atoms with E-state index < -0.39 is 0 Å². The summed E-state index contributed by atoms with van der Waals surface area (Å²) in [7, 11) is 0. The summed E-state index contributed by atoms with van der Waals surface area (Å²) in [6, 6.07) is 15.6. The topological polar surface area (TPSA) is 53.5 Å². The van der Waals surface area contributed by atoms with Gasteiger partial charge in [-0.1, -0.05) is 67.8 Å². The number of hydrazone groups is 1. The van der Waals surface area contributed by atoms with Crippen LogP contribution in [-0.4, -0.2) is 18.2 Å². The number of nitrogens with zero attached hydrogens (tertiary/aromatic N) is 1. The van der Waals surface area contributed by atoms with Crippen molar-refractivity contribution in [2.75, 3.05) is 11.9 Å². The van der Waals surface area contributed by atoms with E-state index in [0.717, 1.165) is 48.2 Å². The average Bonchev–Trinajstić information content (AvgIpc) is 2.66. The predicted molar refractivity (Wildman–Crippen MR) is 110 cm³/mol. The summed E-state index contributed by atoms with van der Waals surface area (Å²) < 4.78 is 0. The van der Waals surface area contributed by atoms with Gasteiger partial charge in [-0.25, -0.2) is 5.43 Å². The highest BCUT2D eigenvalue weighted by molar-refractivity contribution is 6.31. The number of anilines is 1. The van der Waals surface area contributed by atoms with Gasteiger partial charge in [0.15, 0.2) is 0 Å². The Kier molecular flexibility index (Phi) is 8.16. The third-order valence-corrected chi connectivity index (χ3v) is 4.56. The van der Waals surface area contributed by atoms with Crippen molar-refractivity contribution in [3.63, 3.8) is 0 Å². The highest BCUT2D eigenvalue weighted by Crippen LogP contribution is 2.22. The molecule has 2 N–H and O–H groups in total. The second-order valence-corrected chi connectivity index (χ2v) is 6.59. The molecule has 0 heterocycles. The number of nitrogens with one attached hydrogen (secondary N) is 2. The lowest BCUT2D eigenvalue weighted by atomic mass is 10.0. The molecule has 0 radical (unpaired) electrons. The van der Waals surface area contributed by atoms with E-state index in [1.807, 2.05) is 55.5 Å². The van der Waals surface area contributed by atoms with Crippen LogP contribution >= 0.6 is 11.6 Å². The molecule has 0 saturated heterocycles. The van der Waals surface area contributed by atoms with Crippen LogP contribution in [0.4, 0.5) is 5.69 Å². The fourth-order valence-corrected chi connectivity index (χ4v) is 2.76. The van der Waals surface area contributed by atoms with E-state index >= 15 is 0 Å². The molecule has 1 amide bonds. The van der Waals surface area contributed by atoms with Crippen molar-refractivity contribution in [3.8, 4) is 0 Å². The minimum Gasteiger partial charge on any atom is -0.376 e. The van der Waals surface area contributed by atoms with Crippen molar-refractivity contribution >= 4 is 28.9 Å². The molecule has 5 heteroatoms. The van der Waals surface area contributed by atoms with Crippen molar-refractivity contribution in [2.24, 2.45) is 5.10 Å². The van der Waals surface area contributed by atoms with Crippen LogP contribution in [-0.2, 0) is 4.79 Å². The molecule has 0 spiro atoms. The summed E-state index contributed by atoms with van der Waals surface area (Å²) in [4.78, 5) is 12.2. The van der Waals surface area contributed by atoms with Crippen molar-refractivity contribution < 1.29 is 4.79 Å².